The molecule has 0 aliphatic carbocycles. The van der Waals surface area contributed by atoms with Crippen molar-refractivity contribution < 1.29 is 19.4 Å². The lowest BCUT2D eigenvalue weighted by molar-refractivity contribution is -0.142. The molecule has 1 fully saturated rings. The number of furan rings is 1. The van der Waals surface area contributed by atoms with E-state index in [9.17, 15) is 9.90 Å². The quantitative estimate of drug-likeness (QED) is 0.887. The highest BCUT2D eigenvalue weighted by atomic mass is 32.1. The number of hydrogen-bond donors (Lipinski definition) is 2. The second-order valence-corrected chi connectivity index (χ2v) is 5.65. The zero-order valence-corrected chi connectivity index (χ0v) is 11.4. The van der Waals surface area contributed by atoms with Crippen molar-refractivity contribution in [2.45, 2.75) is 25.1 Å². The largest absolute Gasteiger partial charge is 0.480 e. The molecule has 0 spiro atoms. The zero-order chi connectivity index (χ0) is 14.1. The van der Waals surface area contributed by atoms with Crippen molar-refractivity contribution in [3.63, 3.8) is 0 Å². The third kappa shape index (κ3) is 2.60. The first-order chi connectivity index (χ1) is 9.63. The minimum Gasteiger partial charge on any atom is -0.480 e. The fourth-order valence-corrected chi connectivity index (χ4v) is 3.19. The van der Waals surface area contributed by atoms with Gasteiger partial charge in [0.1, 0.15) is 6.04 Å². The molecule has 2 unspecified atom stereocenters. The maximum Gasteiger partial charge on any atom is 0.321 e. The molecule has 3 rings (SSSR count). The first-order valence-corrected chi connectivity index (χ1v) is 7.14. The number of carbonyl (C=O) groups is 1. The summed E-state index contributed by atoms with van der Waals surface area (Å²) in [6.07, 6.45) is 1.28. The van der Waals surface area contributed by atoms with Crippen LogP contribution in [0.5, 0.6) is 0 Å². The van der Waals surface area contributed by atoms with Crippen LogP contribution in [0, 0.1) is 0 Å². The Bertz CT molecular complexity index is 595. The molecule has 106 valence electrons. The Morgan fingerprint density at radius 2 is 2.45 bits per heavy atom. The van der Waals surface area contributed by atoms with Crippen molar-refractivity contribution in [2.75, 3.05) is 6.54 Å². The Morgan fingerprint density at radius 1 is 1.60 bits per heavy atom. The summed E-state index contributed by atoms with van der Waals surface area (Å²) in [7, 11) is 0. The monoisotopic (exact) mass is 294 g/mol. The number of thiazole rings is 1. The van der Waals surface area contributed by atoms with Gasteiger partial charge in [-0.1, -0.05) is 0 Å². The fourth-order valence-electron chi connectivity index (χ4n) is 2.41. The zero-order valence-electron chi connectivity index (χ0n) is 10.6. The second kappa shape index (κ2) is 5.35. The summed E-state index contributed by atoms with van der Waals surface area (Å²) < 4.78 is 5.28. The molecule has 2 aromatic heterocycles. The van der Waals surface area contributed by atoms with Crippen LogP contribution < -0.4 is 0 Å². The van der Waals surface area contributed by atoms with Crippen molar-refractivity contribution in [3.8, 4) is 10.8 Å². The Hall–Kier alpha value is -1.70. The second-order valence-electron chi connectivity index (χ2n) is 4.79. The van der Waals surface area contributed by atoms with Crippen LogP contribution in [-0.4, -0.2) is 44.8 Å². The van der Waals surface area contributed by atoms with Gasteiger partial charge in [-0.15, -0.1) is 11.3 Å². The van der Waals surface area contributed by atoms with Crippen molar-refractivity contribution in [2.24, 2.45) is 0 Å². The summed E-state index contributed by atoms with van der Waals surface area (Å²) in [6, 6.07) is 2.99. The molecule has 6 nitrogen and oxygen atoms in total. The molecule has 0 bridgehead atoms. The lowest BCUT2D eigenvalue weighted by Gasteiger charge is -2.19. The summed E-state index contributed by atoms with van der Waals surface area (Å²) in [5.74, 6) is -0.194. The van der Waals surface area contributed by atoms with Gasteiger partial charge in [-0.2, -0.15) is 0 Å². The van der Waals surface area contributed by atoms with Crippen LogP contribution in [0.3, 0.4) is 0 Å². The summed E-state index contributed by atoms with van der Waals surface area (Å²) in [4.78, 5) is 17.3. The highest BCUT2D eigenvalue weighted by Gasteiger charge is 2.36. The fraction of sp³-hybridized carbons (Fsp3) is 0.385. The normalized spacial score (nSPS) is 23.2. The molecule has 1 aliphatic heterocycles. The van der Waals surface area contributed by atoms with Gasteiger partial charge in [0.2, 0.25) is 0 Å². The van der Waals surface area contributed by atoms with Crippen molar-refractivity contribution in [1.82, 2.24) is 9.88 Å². The molecule has 2 N–H and O–H groups in total. The molecular formula is C13H14N2O4S. The third-order valence-corrected chi connectivity index (χ3v) is 4.22. The molecule has 2 atom stereocenters. The van der Waals surface area contributed by atoms with E-state index in [-0.39, 0.29) is 6.42 Å². The van der Waals surface area contributed by atoms with Crippen molar-refractivity contribution in [1.29, 1.82) is 0 Å². The van der Waals surface area contributed by atoms with Crippen molar-refractivity contribution in [3.05, 3.63) is 29.5 Å². The Labute approximate surface area is 119 Å². The van der Waals surface area contributed by atoms with Gasteiger partial charge in [0.15, 0.2) is 10.8 Å². The number of aliphatic hydroxyl groups is 1. The van der Waals surface area contributed by atoms with E-state index < -0.39 is 18.1 Å². The number of aliphatic hydroxyl groups excluding tert-OH is 1. The van der Waals surface area contributed by atoms with Gasteiger partial charge in [0, 0.05) is 24.9 Å². The summed E-state index contributed by atoms with van der Waals surface area (Å²) >= 11 is 1.46. The Balaban J connectivity index is 1.73. The van der Waals surface area contributed by atoms with E-state index in [1.54, 1.807) is 17.2 Å². The molecule has 2 aromatic rings. The van der Waals surface area contributed by atoms with Crippen LogP contribution in [0.15, 0.2) is 28.2 Å². The van der Waals surface area contributed by atoms with E-state index in [0.717, 1.165) is 10.7 Å². The number of likely N-dealkylation sites (tertiary alicyclic amines) is 1. The molecule has 1 saturated heterocycles. The van der Waals surface area contributed by atoms with Crippen LogP contribution >= 0.6 is 11.3 Å². The van der Waals surface area contributed by atoms with Gasteiger partial charge in [0.05, 0.1) is 18.1 Å². The van der Waals surface area contributed by atoms with Gasteiger partial charge in [-0.25, -0.2) is 4.98 Å². The van der Waals surface area contributed by atoms with Crippen LogP contribution in [-0.2, 0) is 11.3 Å². The number of hydrogen-bond acceptors (Lipinski definition) is 6. The number of aromatic nitrogens is 1. The number of carboxylic acid groups (broad SMARTS) is 1. The van der Waals surface area contributed by atoms with E-state index in [0.29, 0.717) is 18.8 Å². The third-order valence-electron chi connectivity index (χ3n) is 3.32. The number of β-amino-alcohol motifs (C(OH)–C–C–N with tert-alkyl or cyclic N) is 1. The lowest BCUT2D eigenvalue weighted by atomic mass is 10.2. The van der Waals surface area contributed by atoms with Crippen LogP contribution in [0.2, 0.25) is 0 Å². The lowest BCUT2D eigenvalue weighted by Crippen LogP contribution is -2.35. The molecule has 20 heavy (non-hydrogen) atoms. The number of aliphatic carboxylic acids is 1. The number of carboxylic acids is 1. The standard InChI is InChI=1S/C13H14N2O4S/c16-9-4-10(13(17)18)15(6-9)5-8-7-20-12(14-8)11-2-1-3-19-11/h1-3,7,9-10,16H,4-6H2,(H,17,18). The summed E-state index contributed by atoms with van der Waals surface area (Å²) in [5, 5.41) is 21.4. The molecule has 0 amide bonds. The molecule has 0 aromatic carbocycles. The Kier molecular flexibility index (Phi) is 3.56. The minimum atomic E-state index is -0.900. The highest BCUT2D eigenvalue weighted by Crippen LogP contribution is 2.26. The average Bonchev–Trinajstić information content (AvgIpc) is 3.09. The van der Waals surface area contributed by atoms with Crippen LogP contribution in [0.4, 0.5) is 0 Å². The van der Waals surface area contributed by atoms with Crippen LogP contribution in [0.1, 0.15) is 12.1 Å². The molecular weight excluding hydrogens is 280 g/mol. The highest BCUT2D eigenvalue weighted by molar-refractivity contribution is 7.13. The number of nitrogens with zero attached hydrogens (tertiary/aromatic N) is 2. The van der Waals surface area contributed by atoms with E-state index in [1.165, 1.54) is 11.3 Å². The van der Waals surface area contributed by atoms with E-state index in [2.05, 4.69) is 4.98 Å². The van der Waals surface area contributed by atoms with Gasteiger partial charge in [-0.05, 0) is 12.1 Å². The first kappa shape index (κ1) is 13.3. The predicted molar refractivity (Wildman–Crippen MR) is 72.3 cm³/mol. The van der Waals surface area contributed by atoms with E-state index in [1.807, 2.05) is 11.4 Å². The maximum absolute atomic E-state index is 11.2. The molecule has 1 aliphatic rings. The Morgan fingerprint density at radius 3 is 3.15 bits per heavy atom. The number of rotatable bonds is 4. The topological polar surface area (TPSA) is 86.8 Å². The first-order valence-electron chi connectivity index (χ1n) is 6.26. The van der Waals surface area contributed by atoms with Gasteiger partial charge in [0.25, 0.3) is 0 Å². The van der Waals surface area contributed by atoms with E-state index in [4.69, 9.17) is 9.52 Å². The smallest absolute Gasteiger partial charge is 0.321 e. The maximum atomic E-state index is 11.2. The van der Waals surface area contributed by atoms with E-state index >= 15 is 0 Å². The SMILES string of the molecule is O=C(O)C1CC(O)CN1Cc1csc(-c2ccco2)n1. The van der Waals surface area contributed by atoms with Gasteiger partial charge < -0.3 is 14.6 Å². The predicted octanol–water partition coefficient (Wildman–Crippen LogP) is 1.42. The summed E-state index contributed by atoms with van der Waals surface area (Å²) in [6.45, 7) is 0.788. The van der Waals surface area contributed by atoms with Crippen molar-refractivity contribution >= 4 is 17.3 Å². The van der Waals surface area contributed by atoms with Crippen LogP contribution in [0.25, 0.3) is 10.8 Å². The molecule has 0 radical (unpaired) electrons. The molecule has 7 heteroatoms. The molecule has 3 heterocycles. The molecule has 0 saturated carbocycles. The average molecular weight is 294 g/mol. The summed E-state index contributed by atoms with van der Waals surface area (Å²) in [5.41, 5.74) is 0.793. The minimum absolute atomic E-state index is 0.268. The van der Waals surface area contributed by atoms with Gasteiger partial charge in [-0.3, -0.25) is 9.69 Å². The van der Waals surface area contributed by atoms with Gasteiger partial charge >= 0.3 is 5.97 Å².